The molecule has 4 nitrogen and oxygen atoms in total. The lowest BCUT2D eigenvalue weighted by atomic mass is 10.1. The van der Waals surface area contributed by atoms with Gasteiger partial charge in [-0.15, -0.1) is 0 Å². The molecule has 0 saturated heterocycles. The third kappa shape index (κ3) is 6.40. The van der Waals surface area contributed by atoms with Crippen molar-refractivity contribution in [1.29, 1.82) is 0 Å². The van der Waals surface area contributed by atoms with Gasteiger partial charge in [-0.25, -0.2) is 9.18 Å². The van der Waals surface area contributed by atoms with Crippen molar-refractivity contribution in [3.8, 4) is 0 Å². The molecule has 0 aliphatic heterocycles. The first-order valence-corrected chi connectivity index (χ1v) is 6.67. The minimum absolute atomic E-state index is 0.0928. The Labute approximate surface area is 127 Å². The molecule has 0 radical (unpaired) electrons. The summed E-state index contributed by atoms with van der Waals surface area (Å²) in [5.74, 6) is -1.71. The van der Waals surface area contributed by atoms with Crippen LogP contribution in [0.3, 0.4) is 0 Å². The summed E-state index contributed by atoms with van der Waals surface area (Å²) in [6, 6.07) is 4.20. The molecule has 0 aliphatic rings. The van der Waals surface area contributed by atoms with Crippen molar-refractivity contribution in [3.63, 3.8) is 0 Å². The van der Waals surface area contributed by atoms with E-state index in [1.807, 2.05) is 20.8 Å². The molecule has 1 amide bonds. The molecule has 0 unspecified atom stereocenters. The van der Waals surface area contributed by atoms with E-state index in [9.17, 15) is 14.0 Å². The van der Waals surface area contributed by atoms with Gasteiger partial charge < -0.3 is 10.1 Å². The van der Waals surface area contributed by atoms with Crippen molar-refractivity contribution < 1.29 is 18.7 Å². The van der Waals surface area contributed by atoms with E-state index >= 15 is 0 Å². The quantitative estimate of drug-likeness (QED) is 0.687. The number of halogens is 2. The molecule has 1 aromatic rings. The SMILES string of the molecule is CC(C)(C)NC(=O)COC(=O)/C=C/c1c(F)cccc1Cl. The lowest BCUT2D eigenvalue weighted by Gasteiger charge is -2.20. The fourth-order valence-corrected chi connectivity index (χ4v) is 1.69. The van der Waals surface area contributed by atoms with Crippen LogP contribution >= 0.6 is 11.6 Å². The Morgan fingerprint density at radius 3 is 2.62 bits per heavy atom. The number of carbonyl (C=O) groups is 2. The van der Waals surface area contributed by atoms with Crippen molar-refractivity contribution in [2.75, 3.05) is 6.61 Å². The van der Waals surface area contributed by atoms with Crippen LogP contribution in [0.1, 0.15) is 26.3 Å². The normalized spacial score (nSPS) is 11.5. The Hall–Kier alpha value is -1.88. The van der Waals surface area contributed by atoms with Gasteiger partial charge in [-0.05, 0) is 39.0 Å². The summed E-state index contributed by atoms with van der Waals surface area (Å²) in [5, 5.41) is 2.83. The molecule has 0 heterocycles. The predicted octanol–water partition coefficient (Wildman–Crippen LogP) is 2.95. The number of rotatable bonds is 4. The fourth-order valence-electron chi connectivity index (χ4n) is 1.46. The standard InChI is InChI=1S/C15H17ClFNO3/c1-15(2,3)18-13(19)9-21-14(20)8-7-10-11(16)5-4-6-12(10)17/h4-8H,9H2,1-3H3,(H,18,19)/b8-7+. The average Bonchev–Trinajstić information content (AvgIpc) is 2.33. The highest BCUT2D eigenvalue weighted by Crippen LogP contribution is 2.20. The molecule has 0 bridgehead atoms. The number of ether oxygens (including phenoxy) is 1. The molecule has 114 valence electrons. The van der Waals surface area contributed by atoms with Gasteiger partial charge in [0, 0.05) is 17.2 Å². The molecular weight excluding hydrogens is 297 g/mol. The molecule has 1 rings (SSSR count). The summed E-state index contributed by atoms with van der Waals surface area (Å²) in [4.78, 5) is 22.9. The number of benzene rings is 1. The first-order valence-electron chi connectivity index (χ1n) is 6.29. The van der Waals surface area contributed by atoms with Crippen molar-refractivity contribution in [2.45, 2.75) is 26.3 Å². The third-order valence-corrected chi connectivity index (χ3v) is 2.58. The molecule has 0 fully saturated rings. The smallest absolute Gasteiger partial charge is 0.331 e. The summed E-state index contributed by atoms with van der Waals surface area (Å²) in [6.45, 7) is 5.04. The second-order valence-electron chi connectivity index (χ2n) is 5.37. The molecule has 0 spiro atoms. The predicted molar refractivity (Wildman–Crippen MR) is 79.3 cm³/mol. The van der Waals surface area contributed by atoms with Crippen LogP contribution in [0.5, 0.6) is 0 Å². The van der Waals surface area contributed by atoms with E-state index in [4.69, 9.17) is 16.3 Å². The molecule has 0 aromatic heterocycles. The van der Waals surface area contributed by atoms with Crippen LogP contribution in [-0.2, 0) is 14.3 Å². The highest BCUT2D eigenvalue weighted by atomic mass is 35.5. The molecule has 6 heteroatoms. The van der Waals surface area contributed by atoms with E-state index in [2.05, 4.69) is 5.32 Å². The second kappa shape index (κ2) is 7.22. The maximum Gasteiger partial charge on any atom is 0.331 e. The van der Waals surface area contributed by atoms with Crippen LogP contribution < -0.4 is 5.32 Å². The average molecular weight is 314 g/mol. The van der Waals surface area contributed by atoms with Crippen LogP contribution in [-0.4, -0.2) is 24.0 Å². The zero-order chi connectivity index (χ0) is 16.0. The molecular formula is C15H17ClFNO3. The van der Waals surface area contributed by atoms with Gasteiger partial charge in [0.25, 0.3) is 5.91 Å². The summed E-state index contributed by atoms with van der Waals surface area (Å²) in [7, 11) is 0. The summed E-state index contributed by atoms with van der Waals surface area (Å²) < 4.78 is 18.2. The van der Waals surface area contributed by atoms with Crippen molar-refractivity contribution in [3.05, 3.63) is 40.7 Å². The van der Waals surface area contributed by atoms with Crippen LogP contribution in [0.15, 0.2) is 24.3 Å². The minimum Gasteiger partial charge on any atom is -0.452 e. The van der Waals surface area contributed by atoms with Crippen molar-refractivity contribution in [1.82, 2.24) is 5.32 Å². The fraction of sp³-hybridized carbons (Fsp3) is 0.333. The van der Waals surface area contributed by atoms with Gasteiger partial charge in [-0.3, -0.25) is 4.79 Å². The van der Waals surface area contributed by atoms with Gasteiger partial charge in [0.15, 0.2) is 6.61 Å². The maximum absolute atomic E-state index is 13.4. The van der Waals surface area contributed by atoms with Gasteiger partial charge in [0.1, 0.15) is 5.82 Å². The largest absolute Gasteiger partial charge is 0.452 e. The van der Waals surface area contributed by atoms with Crippen LogP contribution in [0.25, 0.3) is 6.08 Å². The number of amides is 1. The van der Waals surface area contributed by atoms with Gasteiger partial charge in [0.05, 0.1) is 5.02 Å². The summed E-state index contributed by atoms with van der Waals surface area (Å²) in [5.41, 5.74) is -0.310. The van der Waals surface area contributed by atoms with Gasteiger partial charge >= 0.3 is 5.97 Å². The van der Waals surface area contributed by atoms with Crippen LogP contribution in [0.2, 0.25) is 5.02 Å². The summed E-state index contributed by atoms with van der Waals surface area (Å²) >= 11 is 5.81. The second-order valence-corrected chi connectivity index (χ2v) is 5.78. The Balaban J connectivity index is 2.55. The molecule has 21 heavy (non-hydrogen) atoms. The Bertz CT molecular complexity index is 544. The molecule has 0 saturated carbocycles. The number of nitrogens with one attached hydrogen (secondary N) is 1. The molecule has 1 N–H and O–H groups in total. The molecule has 1 aromatic carbocycles. The van der Waals surface area contributed by atoms with Gasteiger partial charge in [-0.1, -0.05) is 17.7 Å². The van der Waals surface area contributed by atoms with Crippen molar-refractivity contribution >= 4 is 29.6 Å². The Kier molecular flexibility index (Phi) is 5.90. The lowest BCUT2D eigenvalue weighted by molar-refractivity contribution is -0.144. The van der Waals surface area contributed by atoms with E-state index in [1.54, 1.807) is 0 Å². The minimum atomic E-state index is -0.752. The number of esters is 1. The molecule has 0 aliphatic carbocycles. The van der Waals surface area contributed by atoms with Crippen molar-refractivity contribution in [2.24, 2.45) is 0 Å². The van der Waals surface area contributed by atoms with Crippen LogP contribution in [0.4, 0.5) is 4.39 Å². The first-order chi connectivity index (χ1) is 9.69. The van der Waals surface area contributed by atoms with E-state index in [-0.39, 0.29) is 10.6 Å². The monoisotopic (exact) mass is 313 g/mol. The first kappa shape index (κ1) is 17.2. The van der Waals surface area contributed by atoms with E-state index in [0.29, 0.717) is 0 Å². The highest BCUT2D eigenvalue weighted by Gasteiger charge is 2.14. The number of carbonyl (C=O) groups excluding carboxylic acids is 2. The number of hydrogen-bond donors (Lipinski definition) is 1. The Morgan fingerprint density at radius 1 is 1.38 bits per heavy atom. The zero-order valence-electron chi connectivity index (χ0n) is 12.1. The van der Waals surface area contributed by atoms with E-state index in [0.717, 1.165) is 6.08 Å². The van der Waals surface area contributed by atoms with Gasteiger partial charge in [0.2, 0.25) is 0 Å². The topological polar surface area (TPSA) is 55.4 Å². The van der Waals surface area contributed by atoms with Gasteiger partial charge in [-0.2, -0.15) is 0 Å². The zero-order valence-corrected chi connectivity index (χ0v) is 12.8. The molecule has 0 atom stereocenters. The lowest BCUT2D eigenvalue weighted by Crippen LogP contribution is -2.42. The highest BCUT2D eigenvalue weighted by molar-refractivity contribution is 6.32. The Morgan fingerprint density at radius 2 is 2.05 bits per heavy atom. The number of hydrogen-bond acceptors (Lipinski definition) is 3. The van der Waals surface area contributed by atoms with Crippen LogP contribution in [0, 0.1) is 5.82 Å². The summed E-state index contributed by atoms with van der Waals surface area (Å²) in [6.07, 6.45) is 2.23. The maximum atomic E-state index is 13.4. The third-order valence-electron chi connectivity index (χ3n) is 2.25. The van der Waals surface area contributed by atoms with E-state index < -0.39 is 29.8 Å². The van der Waals surface area contributed by atoms with E-state index in [1.165, 1.54) is 24.3 Å².